The van der Waals surface area contributed by atoms with Crippen LogP contribution in [0.4, 0.5) is 5.69 Å². The van der Waals surface area contributed by atoms with Gasteiger partial charge >= 0.3 is 0 Å². The van der Waals surface area contributed by atoms with E-state index in [0.29, 0.717) is 11.5 Å². The van der Waals surface area contributed by atoms with Gasteiger partial charge in [0.15, 0.2) is 0 Å². The van der Waals surface area contributed by atoms with Crippen molar-refractivity contribution in [1.82, 2.24) is 9.97 Å². The van der Waals surface area contributed by atoms with Gasteiger partial charge in [-0.3, -0.25) is 10.1 Å². The largest absolute Gasteiger partial charge is 0.496 e. The summed E-state index contributed by atoms with van der Waals surface area (Å²) < 4.78 is 5.32. The van der Waals surface area contributed by atoms with Crippen molar-refractivity contribution >= 4 is 39.0 Å². The summed E-state index contributed by atoms with van der Waals surface area (Å²) in [6, 6.07) is 4.63. The van der Waals surface area contributed by atoms with E-state index in [0.717, 1.165) is 20.8 Å². The molecule has 6 nitrogen and oxygen atoms in total. The average molecular weight is 361 g/mol. The van der Waals surface area contributed by atoms with Gasteiger partial charge in [0, 0.05) is 33.7 Å². The van der Waals surface area contributed by atoms with Gasteiger partial charge in [-0.2, -0.15) is 0 Å². The second-order valence-corrected chi connectivity index (χ2v) is 7.35. The molecule has 1 aromatic carbocycles. The number of thioether (sulfide) groups is 1. The molecule has 3 rings (SSSR count). The van der Waals surface area contributed by atoms with Crippen LogP contribution in [0.3, 0.4) is 0 Å². The third kappa shape index (κ3) is 3.07. The highest BCUT2D eigenvalue weighted by Crippen LogP contribution is 2.37. The lowest BCUT2D eigenvalue weighted by atomic mass is 10.2. The van der Waals surface area contributed by atoms with Gasteiger partial charge in [0.1, 0.15) is 21.9 Å². The van der Waals surface area contributed by atoms with Crippen molar-refractivity contribution in [2.24, 2.45) is 0 Å². The fourth-order valence-electron chi connectivity index (χ4n) is 2.40. The number of non-ortho nitro benzene ring substituents is 1. The number of methoxy groups -OCH3 is 1. The summed E-state index contributed by atoms with van der Waals surface area (Å²) in [5, 5.41) is 12.9. The van der Waals surface area contributed by atoms with Crippen molar-refractivity contribution in [3.63, 3.8) is 0 Å². The lowest BCUT2D eigenvalue weighted by molar-refractivity contribution is -0.384. The van der Waals surface area contributed by atoms with Crippen molar-refractivity contribution in [3.05, 3.63) is 50.6 Å². The quantitative estimate of drug-likeness (QED) is 0.288. The number of thiophene rings is 1. The van der Waals surface area contributed by atoms with Crippen LogP contribution in [0.1, 0.15) is 16.0 Å². The Morgan fingerprint density at radius 2 is 2.12 bits per heavy atom. The lowest BCUT2D eigenvalue weighted by Gasteiger charge is -2.08. The topological polar surface area (TPSA) is 78.2 Å². The second kappa shape index (κ2) is 6.74. The van der Waals surface area contributed by atoms with E-state index in [1.807, 2.05) is 0 Å². The minimum atomic E-state index is -0.400. The molecule has 124 valence electrons. The van der Waals surface area contributed by atoms with E-state index in [1.165, 1.54) is 28.3 Å². The monoisotopic (exact) mass is 361 g/mol. The number of nitro benzene ring substituents is 1. The van der Waals surface area contributed by atoms with E-state index in [4.69, 9.17) is 4.74 Å². The van der Waals surface area contributed by atoms with Crippen molar-refractivity contribution in [2.45, 2.75) is 24.6 Å². The standard InChI is InChI=1S/C16H15N3O3S2/c1-9-10(2)24-16-14(9)15(17-8-18-16)23-7-11-6-12(19(20)21)4-5-13(11)22-3/h4-6,8H,7H2,1-3H3. The number of aryl methyl sites for hydroxylation is 2. The van der Waals surface area contributed by atoms with Crippen molar-refractivity contribution < 1.29 is 9.66 Å². The molecule has 0 aliphatic carbocycles. The first-order chi connectivity index (χ1) is 11.5. The van der Waals surface area contributed by atoms with E-state index in [1.54, 1.807) is 36.9 Å². The van der Waals surface area contributed by atoms with E-state index in [9.17, 15) is 10.1 Å². The average Bonchev–Trinajstić information content (AvgIpc) is 2.87. The Labute approximate surface area is 147 Å². The van der Waals surface area contributed by atoms with Crippen molar-refractivity contribution in [2.75, 3.05) is 7.11 Å². The Morgan fingerprint density at radius 3 is 2.83 bits per heavy atom. The van der Waals surface area contributed by atoms with Crippen LogP contribution in [0, 0.1) is 24.0 Å². The van der Waals surface area contributed by atoms with E-state index < -0.39 is 4.92 Å². The van der Waals surface area contributed by atoms with Crippen LogP contribution in [0.2, 0.25) is 0 Å². The minimum Gasteiger partial charge on any atom is -0.496 e. The molecule has 0 aliphatic rings. The first-order valence-electron chi connectivity index (χ1n) is 7.16. The summed E-state index contributed by atoms with van der Waals surface area (Å²) in [5.41, 5.74) is 2.01. The first-order valence-corrected chi connectivity index (χ1v) is 8.96. The number of nitro groups is 1. The summed E-state index contributed by atoms with van der Waals surface area (Å²) in [6.45, 7) is 4.13. The summed E-state index contributed by atoms with van der Waals surface area (Å²) in [6.07, 6.45) is 1.56. The van der Waals surface area contributed by atoms with Gasteiger partial charge < -0.3 is 4.74 Å². The van der Waals surface area contributed by atoms with Crippen LogP contribution in [0.25, 0.3) is 10.2 Å². The molecule has 8 heteroatoms. The maximum absolute atomic E-state index is 11.0. The number of benzene rings is 1. The molecule has 0 bridgehead atoms. The SMILES string of the molecule is COc1ccc([N+](=O)[O-])cc1CSc1ncnc2sc(C)c(C)c12. The Morgan fingerprint density at radius 1 is 1.33 bits per heavy atom. The first kappa shape index (κ1) is 16.7. The predicted octanol–water partition coefficient (Wildman–Crippen LogP) is 4.52. The predicted molar refractivity (Wildman–Crippen MR) is 96.1 cm³/mol. The lowest BCUT2D eigenvalue weighted by Crippen LogP contribution is -1.95. The number of fused-ring (bicyclic) bond motifs is 1. The zero-order valence-electron chi connectivity index (χ0n) is 13.4. The fourth-order valence-corrected chi connectivity index (χ4v) is 4.49. The third-order valence-electron chi connectivity index (χ3n) is 3.77. The van der Waals surface area contributed by atoms with Crippen LogP contribution >= 0.6 is 23.1 Å². The molecule has 0 unspecified atom stereocenters. The van der Waals surface area contributed by atoms with Gasteiger partial charge in [0.05, 0.1) is 12.0 Å². The number of aromatic nitrogens is 2. The number of ether oxygens (including phenoxy) is 1. The molecular weight excluding hydrogens is 346 g/mol. The summed E-state index contributed by atoms with van der Waals surface area (Å²) in [4.78, 5) is 21.5. The third-order valence-corrected chi connectivity index (χ3v) is 5.92. The zero-order chi connectivity index (χ0) is 17.3. The molecule has 0 amide bonds. The van der Waals surface area contributed by atoms with E-state index in [-0.39, 0.29) is 5.69 Å². The second-order valence-electron chi connectivity index (χ2n) is 5.18. The fraction of sp³-hybridized carbons (Fsp3) is 0.250. The smallest absolute Gasteiger partial charge is 0.270 e. The Bertz CT molecular complexity index is 924. The number of hydrogen-bond donors (Lipinski definition) is 0. The molecule has 2 aromatic heterocycles. The zero-order valence-corrected chi connectivity index (χ0v) is 15.0. The molecule has 24 heavy (non-hydrogen) atoms. The molecule has 0 saturated carbocycles. The van der Waals surface area contributed by atoms with Crippen LogP contribution in [-0.2, 0) is 5.75 Å². The highest BCUT2D eigenvalue weighted by Gasteiger charge is 2.15. The summed E-state index contributed by atoms with van der Waals surface area (Å²) in [7, 11) is 1.56. The van der Waals surface area contributed by atoms with Gasteiger partial charge in [0.2, 0.25) is 0 Å². The van der Waals surface area contributed by atoms with Crippen LogP contribution < -0.4 is 4.74 Å². The molecule has 0 aliphatic heterocycles. The molecule has 2 heterocycles. The van der Waals surface area contributed by atoms with Gasteiger partial charge in [-0.1, -0.05) is 0 Å². The maximum Gasteiger partial charge on any atom is 0.270 e. The summed E-state index contributed by atoms with van der Waals surface area (Å²) in [5.74, 6) is 1.17. The number of nitrogens with zero attached hydrogens (tertiary/aromatic N) is 3. The van der Waals surface area contributed by atoms with E-state index >= 15 is 0 Å². The van der Waals surface area contributed by atoms with Gasteiger partial charge in [-0.15, -0.1) is 23.1 Å². The molecule has 0 spiro atoms. The van der Waals surface area contributed by atoms with Gasteiger partial charge in [-0.25, -0.2) is 9.97 Å². The normalized spacial score (nSPS) is 11.0. The number of hydrogen-bond acceptors (Lipinski definition) is 7. The van der Waals surface area contributed by atoms with E-state index in [2.05, 4.69) is 23.8 Å². The molecular formula is C16H15N3O3S2. The van der Waals surface area contributed by atoms with Gasteiger partial charge in [0.25, 0.3) is 5.69 Å². The maximum atomic E-state index is 11.0. The molecule has 0 radical (unpaired) electrons. The molecule has 0 saturated heterocycles. The Hall–Kier alpha value is -2.19. The van der Waals surface area contributed by atoms with Crippen LogP contribution in [-0.4, -0.2) is 22.0 Å². The highest BCUT2D eigenvalue weighted by molar-refractivity contribution is 7.98. The Balaban J connectivity index is 1.94. The molecule has 0 atom stereocenters. The summed E-state index contributed by atoms with van der Waals surface area (Å²) >= 11 is 3.18. The van der Waals surface area contributed by atoms with Crippen LogP contribution in [0.5, 0.6) is 5.75 Å². The van der Waals surface area contributed by atoms with Gasteiger partial charge in [-0.05, 0) is 25.5 Å². The number of rotatable bonds is 5. The minimum absolute atomic E-state index is 0.0572. The van der Waals surface area contributed by atoms with Crippen molar-refractivity contribution in [1.29, 1.82) is 0 Å². The Kier molecular flexibility index (Phi) is 4.68. The molecule has 3 aromatic rings. The highest BCUT2D eigenvalue weighted by atomic mass is 32.2. The molecule has 0 N–H and O–H groups in total. The van der Waals surface area contributed by atoms with Crippen LogP contribution in [0.15, 0.2) is 29.6 Å². The van der Waals surface area contributed by atoms with Crippen molar-refractivity contribution in [3.8, 4) is 5.75 Å². The molecule has 0 fully saturated rings.